The average Bonchev–Trinajstić information content (AvgIpc) is 2.56. The minimum atomic E-state index is -0.816. The number of Topliss-reactive ketones (excluding diaryl/α,β-unsaturated/α-hetero) is 1. The van der Waals surface area contributed by atoms with Gasteiger partial charge in [-0.3, -0.25) is 4.79 Å². The van der Waals surface area contributed by atoms with Crippen molar-refractivity contribution in [2.24, 2.45) is 0 Å². The number of halogens is 3. The lowest BCUT2D eigenvalue weighted by atomic mass is 9.84. The fourth-order valence-electron chi connectivity index (χ4n) is 2.76. The molecule has 2 aromatic carbocycles. The molecule has 0 aliphatic carbocycles. The maximum Gasteiger partial charge on any atom is 0.338 e. The van der Waals surface area contributed by atoms with Gasteiger partial charge in [0.1, 0.15) is 11.6 Å². The first kappa shape index (κ1) is 16.4. The number of rotatable bonds is 2. The molecule has 0 aromatic heterocycles. The van der Waals surface area contributed by atoms with Crippen LogP contribution in [0.2, 0.25) is 5.02 Å². The molecule has 1 N–H and O–H groups in total. The summed E-state index contributed by atoms with van der Waals surface area (Å²) in [7, 11) is 1.15. The van der Waals surface area contributed by atoms with Gasteiger partial charge in [-0.05, 0) is 29.8 Å². The second kappa shape index (κ2) is 6.20. The van der Waals surface area contributed by atoms with E-state index in [1.54, 1.807) is 6.07 Å². The lowest BCUT2D eigenvalue weighted by Gasteiger charge is -2.26. The van der Waals surface area contributed by atoms with E-state index in [4.69, 9.17) is 11.6 Å². The van der Waals surface area contributed by atoms with Crippen LogP contribution in [0.4, 0.5) is 14.5 Å². The van der Waals surface area contributed by atoms with E-state index in [2.05, 4.69) is 10.1 Å². The van der Waals surface area contributed by atoms with Crippen LogP contribution in [-0.2, 0) is 4.74 Å². The largest absolute Gasteiger partial charge is 0.465 e. The number of hydrogen-bond acceptors (Lipinski definition) is 4. The number of carbonyl (C=O) groups is 2. The Hall–Kier alpha value is -2.47. The fraction of sp³-hybridized carbons (Fsp3) is 0.176. The molecule has 2 aromatic rings. The molecule has 1 unspecified atom stereocenters. The van der Waals surface area contributed by atoms with Crippen LogP contribution in [0.25, 0.3) is 0 Å². The quantitative estimate of drug-likeness (QED) is 0.836. The van der Waals surface area contributed by atoms with Crippen LogP contribution in [-0.4, -0.2) is 25.4 Å². The molecule has 1 aliphatic rings. The molecule has 4 nitrogen and oxygen atoms in total. The highest BCUT2D eigenvalue weighted by Gasteiger charge is 2.33. The summed E-state index contributed by atoms with van der Waals surface area (Å²) in [5.74, 6) is -3.25. The summed E-state index contributed by atoms with van der Waals surface area (Å²) < 4.78 is 32.0. The zero-order valence-corrected chi connectivity index (χ0v) is 13.3. The Morgan fingerprint density at radius 3 is 2.71 bits per heavy atom. The first-order chi connectivity index (χ1) is 11.4. The second-order valence-electron chi connectivity index (χ2n) is 5.34. The molecule has 0 bridgehead atoms. The molecule has 0 saturated carbocycles. The molecule has 0 amide bonds. The Morgan fingerprint density at radius 1 is 1.29 bits per heavy atom. The van der Waals surface area contributed by atoms with Gasteiger partial charge in [0.15, 0.2) is 5.78 Å². The van der Waals surface area contributed by atoms with Gasteiger partial charge in [0.25, 0.3) is 0 Å². The smallest absolute Gasteiger partial charge is 0.338 e. The number of benzene rings is 2. The van der Waals surface area contributed by atoms with Crippen LogP contribution in [0, 0.1) is 11.6 Å². The Bertz CT molecular complexity index is 854. The molecule has 124 valence electrons. The van der Waals surface area contributed by atoms with Crippen LogP contribution >= 0.6 is 11.6 Å². The Kier molecular flexibility index (Phi) is 4.24. The highest BCUT2D eigenvalue weighted by atomic mass is 35.5. The average molecular weight is 352 g/mol. The number of ketones is 1. The van der Waals surface area contributed by atoms with Crippen molar-refractivity contribution < 1.29 is 23.1 Å². The number of ether oxygens (including phenoxy) is 1. The van der Waals surface area contributed by atoms with Gasteiger partial charge in [0, 0.05) is 12.2 Å². The normalized spacial score (nSPS) is 16.3. The molecule has 1 atom stereocenters. The summed E-state index contributed by atoms with van der Waals surface area (Å²) in [4.78, 5) is 24.7. The highest BCUT2D eigenvalue weighted by Crippen LogP contribution is 2.34. The van der Waals surface area contributed by atoms with E-state index < -0.39 is 29.3 Å². The lowest BCUT2D eigenvalue weighted by molar-refractivity contribution is 0.0596. The molecule has 1 heterocycles. The molecule has 0 saturated heterocycles. The van der Waals surface area contributed by atoms with Gasteiger partial charge in [-0.25, -0.2) is 13.6 Å². The topological polar surface area (TPSA) is 55.4 Å². The van der Waals surface area contributed by atoms with Crippen molar-refractivity contribution in [1.29, 1.82) is 0 Å². The van der Waals surface area contributed by atoms with Gasteiger partial charge in [-0.15, -0.1) is 0 Å². The van der Waals surface area contributed by atoms with Crippen molar-refractivity contribution in [2.75, 3.05) is 19.0 Å². The van der Waals surface area contributed by atoms with Crippen molar-refractivity contribution >= 4 is 29.0 Å². The minimum absolute atomic E-state index is 0.0369. The second-order valence-corrected chi connectivity index (χ2v) is 5.75. The Morgan fingerprint density at radius 2 is 2.04 bits per heavy atom. The van der Waals surface area contributed by atoms with Crippen LogP contribution in [0.1, 0.15) is 32.2 Å². The fourth-order valence-corrected chi connectivity index (χ4v) is 2.88. The first-order valence-corrected chi connectivity index (χ1v) is 7.45. The molecule has 0 spiro atoms. The lowest BCUT2D eigenvalue weighted by Crippen LogP contribution is -2.30. The number of fused-ring (bicyclic) bond motifs is 1. The first-order valence-electron chi connectivity index (χ1n) is 7.07. The van der Waals surface area contributed by atoms with Gasteiger partial charge in [0.2, 0.25) is 0 Å². The predicted octanol–water partition coefficient (Wildman–Crippen LogP) is 3.80. The minimum Gasteiger partial charge on any atom is -0.465 e. The number of anilines is 1. The zero-order chi connectivity index (χ0) is 17.4. The predicted molar refractivity (Wildman–Crippen MR) is 84.7 cm³/mol. The summed E-state index contributed by atoms with van der Waals surface area (Å²) in [6, 6.07) is 6.18. The maximum absolute atomic E-state index is 13.7. The van der Waals surface area contributed by atoms with Crippen LogP contribution in [0.15, 0.2) is 30.3 Å². The monoisotopic (exact) mass is 351 g/mol. The summed E-state index contributed by atoms with van der Waals surface area (Å²) in [6.07, 6.45) is 0. The highest BCUT2D eigenvalue weighted by molar-refractivity contribution is 6.30. The standard InChI is InChI=1S/C17H12ClF2NO3/c1-24-17(23)10-5-9(19)6-14-15(10)16(22)11(7-21-14)8-2-3-12(18)13(20)4-8/h2-6,11,21H,7H2,1H3. The summed E-state index contributed by atoms with van der Waals surface area (Å²) in [6.45, 7) is 0.150. The maximum atomic E-state index is 13.7. The number of esters is 1. The van der Waals surface area contributed by atoms with Crippen LogP contribution < -0.4 is 5.32 Å². The molecule has 0 fully saturated rings. The van der Waals surface area contributed by atoms with Crippen molar-refractivity contribution in [1.82, 2.24) is 0 Å². The molecular formula is C17H12ClF2NO3. The van der Waals surface area contributed by atoms with Gasteiger partial charge in [0.05, 0.1) is 29.2 Å². The SMILES string of the molecule is COC(=O)c1cc(F)cc2c1C(=O)C(c1ccc(Cl)c(F)c1)CN2. The summed E-state index contributed by atoms with van der Waals surface area (Å²) >= 11 is 5.66. The molecule has 1 aliphatic heterocycles. The van der Waals surface area contributed by atoms with Crippen molar-refractivity contribution in [3.05, 3.63) is 63.7 Å². The number of hydrogen-bond donors (Lipinski definition) is 1. The molecule has 7 heteroatoms. The van der Waals surface area contributed by atoms with Gasteiger partial charge in [-0.2, -0.15) is 0 Å². The van der Waals surface area contributed by atoms with Gasteiger partial charge in [-0.1, -0.05) is 17.7 Å². The number of carbonyl (C=O) groups excluding carboxylic acids is 2. The van der Waals surface area contributed by atoms with Crippen molar-refractivity contribution in [3.8, 4) is 0 Å². The molecule has 24 heavy (non-hydrogen) atoms. The number of nitrogens with one attached hydrogen (secondary N) is 1. The van der Waals surface area contributed by atoms with E-state index in [1.807, 2.05) is 0 Å². The summed E-state index contributed by atoms with van der Waals surface area (Å²) in [5.41, 5.74) is 0.505. The van der Waals surface area contributed by atoms with E-state index in [1.165, 1.54) is 12.1 Å². The molecule has 0 radical (unpaired) electrons. The molecular weight excluding hydrogens is 340 g/mol. The molecule has 3 rings (SSSR count). The van der Waals surface area contributed by atoms with E-state index in [0.29, 0.717) is 5.56 Å². The van der Waals surface area contributed by atoms with Crippen LogP contribution in [0.5, 0.6) is 0 Å². The van der Waals surface area contributed by atoms with Crippen molar-refractivity contribution in [3.63, 3.8) is 0 Å². The zero-order valence-electron chi connectivity index (χ0n) is 12.5. The van der Waals surface area contributed by atoms with Gasteiger partial charge >= 0.3 is 5.97 Å². The number of methoxy groups -OCH3 is 1. The van der Waals surface area contributed by atoms with E-state index in [-0.39, 0.29) is 28.4 Å². The van der Waals surface area contributed by atoms with E-state index >= 15 is 0 Å². The Labute approximate surface area is 141 Å². The van der Waals surface area contributed by atoms with Gasteiger partial charge < -0.3 is 10.1 Å². The Balaban J connectivity index is 2.09. The van der Waals surface area contributed by atoms with E-state index in [9.17, 15) is 18.4 Å². The summed E-state index contributed by atoms with van der Waals surface area (Å²) in [5, 5.41) is 2.86. The third-order valence-electron chi connectivity index (χ3n) is 3.91. The third-order valence-corrected chi connectivity index (χ3v) is 4.22. The van der Waals surface area contributed by atoms with E-state index in [0.717, 1.165) is 19.2 Å². The van der Waals surface area contributed by atoms with Crippen LogP contribution in [0.3, 0.4) is 0 Å². The third kappa shape index (κ3) is 2.73. The van der Waals surface area contributed by atoms with Crippen molar-refractivity contribution in [2.45, 2.75) is 5.92 Å².